The first-order chi connectivity index (χ1) is 6.17. The monoisotopic (exact) mass is 181 g/mol. The van der Waals surface area contributed by atoms with E-state index in [0.717, 1.165) is 17.7 Å². The van der Waals surface area contributed by atoms with Crippen molar-refractivity contribution in [2.24, 2.45) is 0 Å². The summed E-state index contributed by atoms with van der Waals surface area (Å²) in [5.41, 5.74) is 13.8. The van der Waals surface area contributed by atoms with Crippen molar-refractivity contribution < 1.29 is 0 Å². The summed E-state index contributed by atoms with van der Waals surface area (Å²) in [6.45, 7) is 2.06. The summed E-state index contributed by atoms with van der Waals surface area (Å²) in [7, 11) is 3.75. The second-order valence-electron chi connectivity index (χ2n) is 2.77. The molecule has 1 aromatic rings. The van der Waals surface area contributed by atoms with E-state index in [-0.39, 0.29) is 0 Å². The number of para-hydroxylation sites is 1. The lowest BCUT2D eigenvalue weighted by Crippen LogP contribution is -1.98. The van der Waals surface area contributed by atoms with Gasteiger partial charge in [0.05, 0.1) is 11.4 Å². The van der Waals surface area contributed by atoms with Gasteiger partial charge in [-0.15, -0.1) is 0 Å². The highest BCUT2D eigenvalue weighted by Crippen LogP contribution is 2.19. The summed E-state index contributed by atoms with van der Waals surface area (Å²) >= 11 is 0. The molecule has 5 N–H and O–H groups in total. The molecule has 0 spiro atoms. The fourth-order valence-corrected chi connectivity index (χ4v) is 0.941. The Morgan fingerprint density at radius 2 is 1.77 bits per heavy atom. The average molecular weight is 181 g/mol. The second-order valence-corrected chi connectivity index (χ2v) is 2.77. The second kappa shape index (κ2) is 6.31. The Bertz CT molecular complexity index is 246. The molecular weight excluding hydrogens is 162 g/mol. The molecule has 1 aromatic carbocycles. The normalized spacial score (nSPS) is 8.85. The Hall–Kier alpha value is -1.22. The van der Waals surface area contributed by atoms with Crippen molar-refractivity contribution in [1.82, 2.24) is 5.32 Å². The van der Waals surface area contributed by atoms with Crippen LogP contribution in [-0.4, -0.2) is 14.1 Å². The molecule has 0 aliphatic carbocycles. The first kappa shape index (κ1) is 11.8. The maximum atomic E-state index is 5.67. The molecule has 0 unspecified atom stereocenters. The van der Waals surface area contributed by atoms with Gasteiger partial charge in [0.1, 0.15) is 0 Å². The van der Waals surface area contributed by atoms with Crippen molar-refractivity contribution in [2.45, 2.75) is 13.3 Å². The summed E-state index contributed by atoms with van der Waals surface area (Å²) in [5.74, 6) is 0. The van der Waals surface area contributed by atoms with Crippen LogP contribution in [0.5, 0.6) is 0 Å². The number of hydrogen-bond acceptors (Lipinski definition) is 3. The standard InChI is InChI=1S/C8H12N2.C2H7N/c1-2-6-4-3-5-7(9)8(6)10;1-3-2/h3-5H,2,9-10H2,1H3;3H,1-2H3. The maximum Gasteiger partial charge on any atom is 0.0580 e. The molecule has 3 nitrogen and oxygen atoms in total. The number of aryl methyl sites for hydroxylation is 1. The minimum Gasteiger partial charge on any atom is -0.397 e. The predicted molar refractivity (Wildman–Crippen MR) is 59.6 cm³/mol. The Kier molecular flexibility index (Phi) is 5.72. The fourth-order valence-electron chi connectivity index (χ4n) is 0.941. The van der Waals surface area contributed by atoms with Crippen LogP contribution in [0.1, 0.15) is 12.5 Å². The molecule has 0 radical (unpaired) electrons. The highest BCUT2D eigenvalue weighted by molar-refractivity contribution is 5.67. The van der Waals surface area contributed by atoms with E-state index in [1.165, 1.54) is 0 Å². The number of nitrogens with one attached hydrogen (secondary N) is 1. The Balaban J connectivity index is 0.000000424. The molecule has 0 atom stereocenters. The molecule has 0 heterocycles. The van der Waals surface area contributed by atoms with Crippen molar-refractivity contribution in [3.05, 3.63) is 23.8 Å². The fraction of sp³-hybridized carbons (Fsp3) is 0.400. The average Bonchev–Trinajstić information content (AvgIpc) is 2.11. The van der Waals surface area contributed by atoms with Crippen LogP contribution in [-0.2, 0) is 6.42 Å². The van der Waals surface area contributed by atoms with Gasteiger partial charge in [0.25, 0.3) is 0 Å². The van der Waals surface area contributed by atoms with E-state index >= 15 is 0 Å². The molecule has 0 bridgehead atoms. The molecule has 74 valence electrons. The van der Waals surface area contributed by atoms with Gasteiger partial charge in [0.2, 0.25) is 0 Å². The number of benzene rings is 1. The number of anilines is 2. The van der Waals surface area contributed by atoms with Gasteiger partial charge in [-0.1, -0.05) is 19.1 Å². The lowest BCUT2D eigenvalue weighted by molar-refractivity contribution is 1.02. The molecule has 0 aromatic heterocycles. The van der Waals surface area contributed by atoms with Gasteiger partial charge in [-0.3, -0.25) is 0 Å². The molecule has 3 heteroatoms. The van der Waals surface area contributed by atoms with Gasteiger partial charge in [0, 0.05) is 0 Å². The zero-order valence-electron chi connectivity index (χ0n) is 8.59. The quantitative estimate of drug-likeness (QED) is 0.571. The van der Waals surface area contributed by atoms with Crippen LogP contribution in [0.4, 0.5) is 11.4 Å². The molecule has 0 amide bonds. The van der Waals surface area contributed by atoms with Crippen LogP contribution in [0.15, 0.2) is 18.2 Å². The lowest BCUT2D eigenvalue weighted by Gasteiger charge is -2.03. The van der Waals surface area contributed by atoms with E-state index in [1.807, 2.05) is 32.3 Å². The molecule has 1 rings (SSSR count). The summed E-state index contributed by atoms with van der Waals surface area (Å²) in [4.78, 5) is 0. The van der Waals surface area contributed by atoms with Crippen LogP contribution in [0.25, 0.3) is 0 Å². The zero-order chi connectivity index (χ0) is 10.3. The van der Waals surface area contributed by atoms with Crippen LogP contribution in [0.3, 0.4) is 0 Å². The van der Waals surface area contributed by atoms with E-state index in [0.29, 0.717) is 5.69 Å². The van der Waals surface area contributed by atoms with Crippen LogP contribution in [0, 0.1) is 0 Å². The topological polar surface area (TPSA) is 64.1 Å². The number of nitrogens with two attached hydrogens (primary N) is 2. The zero-order valence-corrected chi connectivity index (χ0v) is 8.59. The third kappa shape index (κ3) is 3.80. The van der Waals surface area contributed by atoms with Crippen molar-refractivity contribution in [2.75, 3.05) is 25.6 Å². The van der Waals surface area contributed by atoms with Gasteiger partial charge >= 0.3 is 0 Å². The largest absolute Gasteiger partial charge is 0.397 e. The lowest BCUT2D eigenvalue weighted by atomic mass is 10.1. The van der Waals surface area contributed by atoms with Crippen LogP contribution < -0.4 is 16.8 Å². The Morgan fingerprint density at radius 3 is 2.15 bits per heavy atom. The molecule has 0 saturated heterocycles. The summed E-state index contributed by atoms with van der Waals surface area (Å²) in [6.07, 6.45) is 0.941. The highest BCUT2D eigenvalue weighted by atomic mass is 14.7. The van der Waals surface area contributed by atoms with Crippen molar-refractivity contribution in [3.63, 3.8) is 0 Å². The predicted octanol–water partition coefficient (Wildman–Crippen LogP) is 1.25. The summed E-state index contributed by atoms with van der Waals surface area (Å²) in [6, 6.07) is 5.73. The van der Waals surface area contributed by atoms with Gasteiger partial charge in [-0.2, -0.15) is 0 Å². The number of nitrogen functional groups attached to an aromatic ring is 2. The Labute approximate surface area is 80.1 Å². The van der Waals surface area contributed by atoms with E-state index in [9.17, 15) is 0 Å². The maximum absolute atomic E-state index is 5.67. The smallest absolute Gasteiger partial charge is 0.0580 e. The molecular formula is C10H19N3. The van der Waals surface area contributed by atoms with Gasteiger partial charge in [0.15, 0.2) is 0 Å². The van der Waals surface area contributed by atoms with E-state index < -0.39 is 0 Å². The Morgan fingerprint density at radius 1 is 1.23 bits per heavy atom. The first-order valence-electron chi connectivity index (χ1n) is 4.38. The van der Waals surface area contributed by atoms with Gasteiger partial charge < -0.3 is 16.8 Å². The van der Waals surface area contributed by atoms with Crippen LogP contribution in [0.2, 0.25) is 0 Å². The SMILES string of the molecule is CCc1cccc(N)c1N.CNC. The summed E-state index contributed by atoms with van der Waals surface area (Å²) < 4.78 is 0. The number of rotatable bonds is 1. The molecule has 13 heavy (non-hydrogen) atoms. The van der Waals surface area contributed by atoms with Gasteiger partial charge in [-0.25, -0.2) is 0 Å². The van der Waals surface area contributed by atoms with Crippen molar-refractivity contribution in [3.8, 4) is 0 Å². The van der Waals surface area contributed by atoms with Crippen molar-refractivity contribution in [1.29, 1.82) is 0 Å². The van der Waals surface area contributed by atoms with Crippen molar-refractivity contribution >= 4 is 11.4 Å². The van der Waals surface area contributed by atoms with Gasteiger partial charge in [-0.05, 0) is 32.1 Å². The highest BCUT2D eigenvalue weighted by Gasteiger charge is 1.97. The van der Waals surface area contributed by atoms with Crippen LogP contribution >= 0.6 is 0 Å². The number of hydrogen-bond donors (Lipinski definition) is 3. The molecule has 0 aliphatic heterocycles. The first-order valence-corrected chi connectivity index (χ1v) is 4.38. The third-order valence-corrected chi connectivity index (χ3v) is 1.61. The molecule has 0 aliphatic rings. The van der Waals surface area contributed by atoms with E-state index in [1.54, 1.807) is 0 Å². The van der Waals surface area contributed by atoms with E-state index in [4.69, 9.17) is 11.5 Å². The minimum absolute atomic E-state index is 0.680. The minimum atomic E-state index is 0.680. The summed E-state index contributed by atoms with van der Waals surface area (Å²) in [5, 5.41) is 2.75. The molecule has 0 fully saturated rings. The van der Waals surface area contributed by atoms with E-state index in [2.05, 4.69) is 12.2 Å². The third-order valence-electron chi connectivity index (χ3n) is 1.61. The molecule has 0 saturated carbocycles.